The van der Waals surface area contributed by atoms with Crippen molar-refractivity contribution in [1.29, 1.82) is 0 Å². The van der Waals surface area contributed by atoms with E-state index in [0.717, 1.165) is 11.1 Å². The van der Waals surface area contributed by atoms with Gasteiger partial charge in [-0.2, -0.15) is 0 Å². The molecule has 0 saturated heterocycles. The Kier molecular flexibility index (Phi) is 6.60. The molecule has 6 heteroatoms. The second-order valence-electron chi connectivity index (χ2n) is 5.16. The van der Waals surface area contributed by atoms with Crippen molar-refractivity contribution in [2.45, 2.75) is 13.1 Å². The van der Waals surface area contributed by atoms with E-state index in [1.807, 2.05) is 18.2 Å². The molecule has 0 fully saturated rings. The first-order valence-electron chi connectivity index (χ1n) is 7.57. The minimum absolute atomic E-state index is 0.0485. The molecule has 0 radical (unpaired) electrons. The van der Waals surface area contributed by atoms with Crippen molar-refractivity contribution in [3.8, 4) is 11.5 Å². The lowest BCUT2D eigenvalue weighted by atomic mass is 10.1. The summed E-state index contributed by atoms with van der Waals surface area (Å²) in [5.41, 5.74) is 2.32. The molecule has 2 rings (SSSR count). The van der Waals surface area contributed by atoms with E-state index in [1.54, 1.807) is 31.4 Å². The molecule has 6 nitrogen and oxygen atoms in total. The SMILES string of the molecule is COc1cc(CNCc2ccc(C(=O)O)cc2)ccc1OCCO. The molecule has 0 saturated carbocycles. The minimum Gasteiger partial charge on any atom is -0.493 e. The predicted octanol–water partition coefficient (Wildman–Crippen LogP) is 2.05. The lowest BCUT2D eigenvalue weighted by Gasteiger charge is -2.12. The van der Waals surface area contributed by atoms with Crippen LogP contribution in [-0.4, -0.2) is 36.5 Å². The Morgan fingerprint density at radius 3 is 2.33 bits per heavy atom. The maximum atomic E-state index is 10.8. The van der Waals surface area contributed by atoms with Gasteiger partial charge in [0.25, 0.3) is 0 Å². The third-order valence-corrected chi connectivity index (χ3v) is 3.44. The molecule has 0 atom stereocenters. The van der Waals surface area contributed by atoms with Crippen molar-refractivity contribution in [2.24, 2.45) is 0 Å². The van der Waals surface area contributed by atoms with Gasteiger partial charge in [-0.1, -0.05) is 18.2 Å². The average molecular weight is 331 g/mol. The number of aliphatic hydroxyl groups excluding tert-OH is 1. The zero-order chi connectivity index (χ0) is 17.4. The van der Waals surface area contributed by atoms with Crippen molar-refractivity contribution in [3.05, 3.63) is 59.2 Å². The van der Waals surface area contributed by atoms with Crippen LogP contribution in [0.15, 0.2) is 42.5 Å². The van der Waals surface area contributed by atoms with E-state index >= 15 is 0 Å². The number of aliphatic hydroxyl groups is 1. The zero-order valence-corrected chi connectivity index (χ0v) is 13.5. The van der Waals surface area contributed by atoms with Crippen LogP contribution in [0.3, 0.4) is 0 Å². The Balaban J connectivity index is 1.90. The summed E-state index contributed by atoms with van der Waals surface area (Å²) in [5.74, 6) is 0.290. The fraction of sp³-hybridized carbons (Fsp3) is 0.278. The number of ether oxygens (including phenoxy) is 2. The van der Waals surface area contributed by atoms with Crippen molar-refractivity contribution >= 4 is 5.97 Å². The van der Waals surface area contributed by atoms with Crippen LogP contribution in [0.1, 0.15) is 21.5 Å². The topological polar surface area (TPSA) is 88.0 Å². The number of benzene rings is 2. The van der Waals surface area contributed by atoms with E-state index < -0.39 is 5.97 Å². The number of aromatic carboxylic acids is 1. The van der Waals surface area contributed by atoms with Crippen LogP contribution in [0.4, 0.5) is 0 Å². The van der Waals surface area contributed by atoms with Gasteiger partial charge in [0.15, 0.2) is 11.5 Å². The molecule has 24 heavy (non-hydrogen) atoms. The molecule has 0 aliphatic heterocycles. The van der Waals surface area contributed by atoms with E-state index in [1.165, 1.54) is 0 Å². The Morgan fingerprint density at radius 1 is 1.04 bits per heavy atom. The molecular weight excluding hydrogens is 310 g/mol. The van der Waals surface area contributed by atoms with Gasteiger partial charge in [0.05, 0.1) is 19.3 Å². The number of hydrogen-bond donors (Lipinski definition) is 3. The van der Waals surface area contributed by atoms with Gasteiger partial charge in [-0.15, -0.1) is 0 Å². The Labute approximate surface area is 140 Å². The van der Waals surface area contributed by atoms with E-state index in [0.29, 0.717) is 24.6 Å². The van der Waals surface area contributed by atoms with E-state index in [4.69, 9.17) is 19.7 Å². The summed E-state index contributed by atoms with van der Waals surface area (Å²) >= 11 is 0. The average Bonchev–Trinajstić information content (AvgIpc) is 2.60. The lowest BCUT2D eigenvalue weighted by Crippen LogP contribution is -2.13. The number of hydrogen-bond acceptors (Lipinski definition) is 5. The smallest absolute Gasteiger partial charge is 0.335 e. The number of carboxylic acid groups (broad SMARTS) is 1. The third kappa shape index (κ3) is 4.97. The quantitative estimate of drug-likeness (QED) is 0.652. The summed E-state index contributed by atoms with van der Waals surface area (Å²) < 4.78 is 10.7. The van der Waals surface area contributed by atoms with Gasteiger partial charge in [-0.25, -0.2) is 4.79 Å². The van der Waals surface area contributed by atoms with Crippen LogP contribution in [-0.2, 0) is 13.1 Å². The standard InChI is InChI=1S/C18H21NO5/c1-23-17-10-14(4-7-16(17)24-9-8-20)12-19-11-13-2-5-15(6-3-13)18(21)22/h2-7,10,19-20H,8-9,11-12H2,1H3,(H,21,22). The van der Waals surface area contributed by atoms with Crippen LogP contribution in [0.5, 0.6) is 11.5 Å². The third-order valence-electron chi connectivity index (χ3n) is 3.44. The first kappa shape index (κ1) is 17.8. The highest BCUT2D eigenvalue weighted by atomic mass is 16.5. The van der Waals surface area contributed by atoms with Gasteiger partial charge in [0.1, 0.15) is 6.61 Å². The van der Waals surface area contributed by atoms with Crippen LogP contribution < -0.4 is 14.8 Å². The number of nitrogens with one attached hydrogen (secondary N) is 1. The highest BCUT2D eigenvalue weighted by Crippen LogP contribution is 2.28. The first-order chi connectivity index (χ1) is 11.6. The largest absolute Gasteiger partial charge is 0.493 e. The summed E-state index contributed by atoms with van der Waals surface area (Å²) in [5, 5.41) is 21.0. The molecule has 0 bridgehead atoms. The molecule has 0 heterocycles. The van der Waals surface area contributed by atoms with E-state index in [9.17, 15) is 4.79 Å². The van der Waals surface area contributed by atoms with E-state index in [-0.39, 0.29) is 18.8 Å². The van der Waals surface area contributed by atoms with Crippen LogP contribution in [0, 0.1) is 0 Å². The van der Waals surface area contributed by atoms with E-state index in [2.05, 4.69) is 5.32 Å². The van der Waals surface area contributed by atoms with Crippen LogP contribution in [0.2, 0.25) is 0 Å². The summed E-state index contributed by atoms with van der Waals surface area (Å²) in [4.78, 5) is 10.8. The monoisotopic (exact) mass is 331 g/mol. The molecule has 0 aliphatic carbocycles. The maximum Gasteiger partial charge on any atom is 0.335 e. The van der Waals surface area contributed by atoms with Crippen molar-refractivity contribution in [3.63, 3.8) is 0 Å². The van der Waals surface area contributed by atoms with Gasteiger partial charge in [-0.3, -0.25) is 0 Å². The molecule has 2 aromatic carbocycles. The predicted molar refractivity (Wildman–Crippen MR) is 89.5 cm³/mol. The minimum atomic E-state index is -0.926. The number of methoxy groups -OCH3 is 1. The summed E-state index contributed by atoms with van der Waals surface area (Å²) in [6, 6.07) is 12.4. The Morgan fingerprint density at radius 2 is 1.71 bits per heavy atom. The molecule has 0 aliphatic rings. The lowest BCUT2D eigenvalue weighted by molar-refractivity contribution is 0.0697. The van der Waals surface area contributed by atoms with Crippen molar-refractivity contribution < 1.29 is 24.5 Å². The van der Waals surface area contributed by atoms with Gasteiger partial charge in [0.2, 0.25) is 0 Å². The van der Waals surface area contributed by atoms with Gasteiger partial charge in [-0.05, 0) is 35.4 Å². The van der Waals surface area contributed by atoms with Crippen molar-refractivity contribution in [1.82, 2.24) is 5.32 Å². The highest BCUT2D eigenvalue weighted by molar-refractivity contribution is 5.87. The molecule has 128 valence electrons. The number of rotatable bonds is 9. The van der Waals surface area contributed by atoms with Gasteiger partial charge >= 0.3 is 5.97 Å². The first-order valence-corrected chi connectivity index (χ1v) is 7.57. The summed E-state index contributed by atoms with van der Waals surface area (Å²) in [6.07, 6.45) is 0. The molecule has 0 amide bonds. The fourth-order valence-corrected chi connectivity index (χ4v) is 2.21. The molecular formula is C18H21NO5. The zero-order valence-electron chi connectivity index (χ0n) is 13.5. The van der Waals surface area contributed by atoms with Gasteiger partial charge in [0, 0.05) is 13.1 Å². The van der Waals surface area contributed by atoms with Crippen molar-refractivity contribution in [2.75, 3.05) is 20.3 Å². The number of carboxylic acids is 1. The Hall–Kier alpha value is -2.57. The summed E-state index contributed by atoms with van der Waals surface area (Å²) in [6.45, 7) is 1.44. The van der Waals surface area contributed by atoms with Crippen LogP contribution >= 0.6 is 0 Å². The highest BCUT2D eigenvalue weighted by Gasteiger charge is 2.06. The normalized spacial score (nSPS) is 10.4. The molecule has 0 unspecified atom stereocenters. The van der Waals surface area contributed by atoms with Gasteiger partial charge < -0.3 is 25.0 Å². The maximum absolute atomic E-state index is 10.8. The second-order valence-corrected chi connectivity index (χ2v) is 5.16. The summed E-state index contributed by atoms with van der Waals surface area (Å²) in [7, 11) is 1.57. The number of carbonyl (C=O) groups is 1. The molecule has 0 spiro atoms. The second kappa shape index (κ2) is 8.90. The molecule has 0 aromatic heterocycles. The molecule has 3 N–H and O–H groups in total. The van der Waals surface area contributed by atoms with Crippen LogP contribution in [0.25, 0.3) is 0 Å². The molecule has 2 aromatic rings. The fourth-order valence-electron chi connectivity index (χ4n) is 2.21. The Bertz CT molecular complexity index is 670.